The predicted octanol–water partition coefficient (Wildman–Crippen LogP) is 3.59. The smallest absolute Gasteiger partial charge is 0.160 e. The maximum absolute atomic E-state index is 10.8. The van der Waals surface area contributed by atoms with E-state index in [1.807, 2.05) is 6.07 Å². The summed E-state index contributed by atoms with van der Waals surface area (Å²) in [6.07, 6.45) is 1.95. The fourth-order valence-electron chi connectivity index (χ4n) is 2.22. The molecule has 0 fully saturated rings. The van der Waals surface area contributed by atoms with Crippen LogP contribution in [0.4, 0.5) is 0 Å². The summed E-state index contributed by atoms with van der Waals surface area (Å²) in [5, 5.41) is 2.12. The van der Waals surface area contributed by atoms with E-state index in [2.05, 4.69) is 18.4 Å². The molecule has 2 aromatic rings. The van der Waals surface area contributed by atoms with Crippen LogP contribution in [0.15, 0.2) is 17.5 Å². The van der Waals surface area contributed by atoms with E-state index in [0.29, 0.717) is 0 Å². The molecule has 0 aromatic carbocycles. The molecule has 1 unspecified atom stereocenters. The number of fused-ring (bicyclic) bond motifs is 1. The summed E-state index contributed by atoms with van der Waals surface area (Å²) in [7, 11) is 0. The van der Waals surface area contributed by atoms with Crippen LogP contribution in [-0.4, -0.2) is 12.9 Å². The van der Waals surface area contributed by atoms with Crippen LogP contribution in [0.5, 0.6) is 0 Å². The molecule has 1 atom stereocenters. The number of aldehydes is 1. The maximum atomic E-state index is 10.8. The molecular formula is C13H12O2S2. The van der Waals surface area contributed by atoms with Gasteiger partial charge in [0.25, 0.3) is 0 Å². The summed E-state index contributed by atoms with van der Waals surface area (Å²) < 4.78 is 5.89. The van der Waals surface area contributed by atoms with Gasteiger partial charge in [0.05, 0.1) is 11.5 Å². The highest BCUT2D eigenvalue weighted by atomic mass is 32.1. The van der Waals surface area contributed by atoms with Crippen LogP contribution in [0.2, 0.25) is 0 Å². The molecule has 1 aliphatic rings. The fourth-order valence-corrected chi connectivity index (χ4v) is 4.11. The Morgan fingerprint density at radius 3 is 3.18 bits per heavy atom. The highest BCUT2D eigenvalue weighted by Crippen LogP contribution is 2.39. The second kappa shape index (κ2) is 4.37. The minimum absolute atomic E-state index is 0.0312. The van der Waals surface area contributed by atoms with Crippen LogP contribution in [0, 0.1) is 6.92 Å². The molecule has 3 rings (SSSR count). The van der Waals surface area contributed by atoms with Crippen molar-refractivity contribution in [2.24, 2.45) is 0 Å². The second-order valence-electron chi connectivity index (χ2n) is 4.09. The summed E-state index contributed by atoms with van der Waals surface area (Å²) in [6, 6.07) is 4.14. The molecular weight excluding hydrogens is 252 g/mol. The lowest BCUT2D eigenvalue weighted by Crippen LogP contribution is -2.15. The van der Waals surface area contributed by atoms with Gasteiger partial charge < -0.3 is 4.74 Å². The Labute approximate surface area is 108 Å². The molecule has 0 bridgehead atoms. The Bertz CT molecular complexity index is 554. The van der Waals surface area contributed by atoms with Crippen molar-refractivity contribution in [2.75, 3.05) is 6.61 Å². The average molecular weight is 264 g/mol. The lowest BCUT2D eigenvalue weighted by atomic mass is 10.0. The Morgan fingerprint density at radius 1 is 1.53 bits per heavy atom. The molecule has 0 saturated carbocycles. The van der Waals surface area contributed by atoms with Crippen LogP contribution < -0.4 is 0 Å². The Hall–Kier alpha value is -0.970. The van der Waals surface area contributed by atoms with Gasteiger partial charge in [-0.3, -0.25) is 4.79 Å². The van der Waals surface area contributed by atoms with E-state index in [1.165, 1.54) is 15.3 Å². The van der Waals surface area contributed by atoms with E-state index in [-0.39, 0.29) is 6.10 Å². The molecule has 3 heterocycles. The molecule has 0 aliphatic carbocycles. The van der Waals surface area contributed by atoms with Crippen molar-refractivity contribution in [1.29, 1.82) is 0 Å². The van der Waals surface area contributed by atoms with E-state index in [1.54, 1.807) is 22.7 Å². The van der Waals surface area contributed by atoms with Gasteiger partial charge >= 0.3 is 0 Å². The van der Waals surface area contributed by atoms with E-state index in [9.17, 15) is 4.79 Å². The predicted molar refractivity (Wildman–Crippen MR) is 70.3 cm³/mol. The zero-order valence-corrected chi connectivity index (χ0v) is 11.1. The Balaban J connectivity index is 2.06. The van der Waals surface area contributed by atoms with Crippen molar-refractivity contribution in [2.45, 2.75) is 19.4 Å². The normalized spacial score (nSPS) is 19.0. The van der Waals surface area contributed by atoms with Gasteiger partial charge in [0.2, 0.25) is 0 Å². The zero-order chi connectivity index (χ0) is 11.8. The quantitative estimate of drug-likeness (QED) is 0.775. The van der Waals surface area contributed by atoms with Crippen molar-refractivity contribution in [3.63, 3.8) is 0 Å². The molecule has 0 radical (unpaired) electrons. The molecule has 0 N–H and O–H groups in total. The SMILES string of the molecule is Cc1sc(C=O)cc1C1OCCc2ccsc21. The van der Waals surface area contributed by atoms with Crippen molar-refractivity contribution in [1.82, 2.24) is 0 Å². The number of hydrogen-bond donors (Lipinski definition) is 0. The van der Waals surface area contributed by atoms with Crippen LogP contribution in [0.25, 0.3) is 0 Å². The first-order valence-electron chi connectivity index (χ1n) is 5.53. The summed E-state index contributed by atoms with van der Waals surface area (Å²) in [5.74, 6) is 0. The third-order valence-electron chi connectivity index (χ3n) is 3.05. The number of aryl methyl sites for hydroxylation is 1. The van der Waals surface area contributed by atoms with E-state index >= 15 is 0 Å². The first-order chi connectivity index (χ1) is 8.29. The van der Waals surface area contributed by atoms with Gasteiger partial charge in [0.15, 0.2) is 6.29 Å². The second-order valence-corrected chi connectivity index (χ2v) is 6.32. The highest BCUT2D eigenvalue weighted by Gasteiger charge is 2.26. The minimum atomic E-state index is 0.0312. The highest BCUT2D eigenvalue weighted by molar-refractivity contribution is 7.13. The van der Waals surface area contributed by atoms with Gasteiger partial charge in [-0.25, -0.2) is 0 Å². The number of rotatable bonds is 2. The average Bonchev–Trinajstić information content (AvgIpc) is 2.94. The largest absolute Gasteiger partial charge is 0.368 e. The van der Waals surface area contributed by atoms with Crippen LogP contribution in [-0.2, 0) is 11.2 Å². The third kappa shape index (κ3) is 1.86. The zero-order valence-electron chi connectivity index (χ0n) is 9.43. The summed E-state index contributed by atoms with van der Waals surface area (Å²) >= 11 is 3.29. The standard InChI is InChI=1S/C13H12O2S2/c1-8-11(6-10(7-14)17-8)12-13-9(2-4-15-12)3-5-16-13/h3,5-7,12H,2,4H2,1H3. The van der Waals surface area contributed by atoms with Gasteiger partial charge in [0.1, 0.15) is 6.10 Å². The van der Waals surface area contributed by atoms with Gasteiger partial charge in [-0.2, -0.15) is 0 Å². The number of thiophene rings is 2. The van der Waals surface area contributed by atoms with Gasteiger partial charge in [-0.05, 0) is 36.4 Å². The summed E-state index contributed by atoms with van der Waals surface area (Å²) in [4.78, 5) is 14.1. The van der Waals surface area contributed by atoms with E-state index in [4.69, 9.17) is 4.74 Å². The molecule has 2 aromatic heterocycles. The number of carbonyl (C=O) groups is 1. The molecule has 88 valence electrons. The summed E-state index contributed by atoms with van der Waals surface area (Å²) in [5.41, 5.74) is 2.55. The minimum Gasteiger partial charge on any atom is -0.368 e. The topological polar surface area (TPSA) is 26.3 Å². The lowest BCUT2D eigenvalue weighted by Gasteiger charge is -2.23. The van der Waals surface area contributed by atoms with Crippen LogP contribution in [0.1, 0.15) is 36.7 Å². The lowest BCUT2D eigenvalue weighted by molar-refractivity contribution is 0.0728. The molecule has 17 heavy (non-hydrogen) atoms. The summed E-state index contributed by atoms with van der Waals surface area (Å²) in [6.45, 7) is 2.82. The Kier molecular flexibility index (Phi) is 2.86. The maximum Gasteiger partial charge on any atom is 0.160 e. The van der Waals surface area contributed by atoms with Crippen molar-refractivity contribution in [3.8, 4) is 0 Å². The van der Waals surface area contributed by atoms with Crippen molar-refractivity contribution in [3.05, 3.63) is 43.3 Å². The number of hydrogen-bond acceptors (Lipinski definition) is 4. The monoisotopic (exact) mass is 264 g/mol. The molecule has 0 amide bonds. The number of carbonyl (C=O) groups excluding carboxylic acids is 1. The fraction of sp³-hybridized carbons (Fsp3) is 0.308. The van der Waals surface area contributed by atoms with Gasteiger partial charge in [-0.15, -0.1) is 22.7 Å². The van der Waals surface area contributed by atoms with Crippen LogP contribution in [0.3, 0.4) is 0 Å². The van der Waals surface area contributed by atoms with E-state index in [0.717, 1.165) is 29.8 Å². The van der Waals surface area contributed by atoms with Crippen molar-refractivity contribution < 1.29 is 9.53 Å². The molecule has 2 nitrogen and oxygen atoms in total. The molecule has 0 spiro atoms. The third-order valence-corrected chi connectivity index (χ3v) is 5.04. The van der Waals surface area contributed by atoms with Crippen molar-refractivity contribution >= 4 is 29.0 Å². The molecule has 1 aliphatic heterocycles. The molecule has 0 saturated heterocycles. The number of ether oxygens (including phenoxy) is 1. The molecule has 4 heteroatoms. The van der Waals surface area contributed by atoms with Crippen LogP contribution >= 0.6 is 22.7 Å². The van der Waals surface area contributed by atoms with Gasteiger partial charge in [0, 0.05) is 15.3 Å². The first-order valence-corrected chi connectivity index (χ1v) is 7.22. The van der Waals surface area contributed by atoms with E-state index < -0.39 is 0 Å². The Morgan fingerprint density at radius 2 is 2.41 bits per heavy atom. The van der Waals surface area contributed by atoms with Gasteiger partial charge in [-0.1, -0.05) is 0 Å². The first kappa shape index (κ1) is 11.1.